The molecular weight excluding hydrogens is 208 g/mol. The first kappa shape index (κ1) is 11.1. The van der Waals surface area contributed by atoms with E-state index in [1.165, 1.54) is 5.56 Å². The summed E-state index contributed by atoms with van der Waals surface area (Å²) in [5, 5.41) is 4.27. The highest BCUT2D eigenvalue weighted by Crippen LogP contribution is 2.23. The van der Waals surface area contributed by atoms with Crippen molar-refractivity contribution in [2.45, 2.75) is 19.1 Å². The normalized spacial score (nSPS) is 25.3. The third-order valence-electron chi connectivity index (χ3n) is 2.61. The first-order chi connectivity index (χ1) is 7.25. The Labute approximate surface area is 94.8 Å². The maximum absolute atomic E-state index is 5.81. The van der Waals surface area contributed by atoms with Gasteiger partial charge in [-0.05, 0) is 29.3 Å². The van der Waals surface area contributed by atoms with Crippen molar-refractivity contribution in [1.82, 2.24) is 4.90 Å². The summed E-state index contributed by atoms with van der Waals surface area (Å²) < 4.78 is 5.76. The lowest BCUT2D eigenvalue weighted by Crippen LogP contribution is -2.43. The fraction of sp³-hybridized carbons (Fsp3) is 0.636. The molecule has 0 saturated carbocycles. The number of nitrogens with zero attached hydrogens (tertiary/aromatic N) is 1. The Hall–Kier alpha value is -0.420. The van der Waals surface area contributed by atoms with Gasteiger partial charge in [-0.2, -0.15) is 11.3 Å². The first-order valence-electron chi connectivity index (χ1n) is 5.37. The molecule has 3 nitrogen and oxygen atoms in total. The van der Waals surface area contributed by atoms with E-state index in [1.54, 1.807) is 11.3 Å². The number of rotatable bonds is 3. The van der Waals surface area contributed by atoms with Crippen LogP contribution in [0.1, 0.15) is 18.6 Å². The molecule has 0 radical (unpaired) electrons. The largest absolute Gasteiger partial charge is 0.371 e. The van der Waals surface area contributed by atoms with Gasteiger partial charge in [-0.25, -0.2) is 0 Å². The van der Waals surface area contributed by atoms with Crippen molar-refractivity contribution in [3.63, 3.8) is 0 Å². The maximum Gasteiger partial charge on any atom is 0.0960 e. The third kappa shape index (κ3) is 3.01. The van der Waals surface area contributed by atoms with Crippen LogP contribution in [0.2, 0.25) is 0 Å². The Morgan fingerprint density at radius 2 is 2.60 bits per heavy atom. The maximum atomic E-state index is 5.81. The number of ether oxygens (including phenoxy) is 1. The molecule has 0 spiro atoms. The van der Waals surface area contributed by atoms with Crippen LogP contribution in [-0.2, 0) is 4.74 Å². The van der Waals surface area contributed by atoms with Crippen LogP contribution in [0.15, 0.2) is 16.8 Å². The van der Waals surface area contributed by atoms with E-state index in [4.69, 9.17) is 10.5 Å². The minimum Gasteiger partial charge on any atom is -0.371 e. The van der Waals surface area contributed by atoms with E-state index in [2.05, 4.69) is 28.7 Å². The monoisotopic (exact) mass is 226 g/mol. The zero-order chi connectivity index (χ0) is 10.7. The molecule has 15 heavy (non-hydrogen) atoms. The second-order valence-corrected chi connectivity index (χ2v) is 4.93. The van der Waals surface area contributed by atoms with Crippen LogP contribution in [0, 0.1) is 0 Å². The van der Waals surface area contributed by atoms with Crippen LogP contribution in [0.4, 0.5) is 0 Å². The van der Waals surface area contributed by atoms with Crippen molar-refractivity contribution >= 4 is 11.3 Å². The van der Waals surface area contributed by atoms with E-state index in [1.807, 2.05) is 0 Å². The molecule has 1 fully saturated rings. The van der Waals surface area contributed by atoms with E-state index in [-0.39, 0.29) is 12.1 Å². The predicted octanol–water partition coefficient (Wildman–Crippen LogP) is 1.47. The summed E-state index contributed by atoms with van der Waals surface area (Å²) in [4.78, 5) is 2.39. The van der Waals surface area contributed by atoms with Crippen molar-refractivity contribution in [1.29, 1.82) is 0 Å². The first-order valence-corrected chi connectivity index (χ1v) is 6.31. The van der Waals surface area contributed by atoms with Gasteiger partial charge in [0.15, 0.2) is 0 Å². The highest BCUT2D eigenvalue weighted by molar-refractivity contribution is 7.07. The van der Waals surface area contributed by atoms with Crippen LogP contribution in [0.25, 0.3) is 0 Å². The average molecular weight is 226 g/mol. The van der Waals surface area contributed by atoms with Crippen molar-refractivity contribution in [3.05, 3.63) is 22.4 Å². The summed E-state index contributed by atoms with van der Waals surface area (Å²) in [6.07, 6.45) is 0.240. The summed E-state index contributed by atoms with van der Waals surface area (Å²) in [5.74, 6) is 0. The van der Waals surface area contributed by atoms with Gasteiger partial charge in [-0.1, -0.05) is 0 Å². The summed E-state index contributed by atoms with van der Waals surface area (Å²) >= 11 is 1.73. The minimum absolute atomic E-state index is 0.240. The van der Waals surface area contributed by atoms with E-state index in [9.17, 15) is 0 Å². The van der Waals surface area contributed by atoms with Crippen LogP contribution in [0.3, 0.4) is 0 Å². The zero-order valence-corrected chi connectivity index (χ0v) is 9.87. The topological polar surface area (TPSA) is 38.5 Å². The Balaban J connectivity index is 1.92. The SMILES string of the molecule is CC(N)CN1CCOC(c2ccsc2)C1. The lowest BCUT2D eigenvalue weighted by Gasteiger charge is -2.33. The van der Waals surface area contributed by atoms with Gasteiger partial charge in [-0.3, -0.25) is 4.90 Å². The molecule has 2 atom stereocenters. The Bertz CT molecular complexity index is 287. The van der Waals surface area contributed by atoms with Crippen molar-refractivity contribution in [3.8, 4) is 0 Å². The molecule has 2 unspecified atom stereocenters. The molecule has 1 aromatic heterocycles. The molecular formula is C11H18N2OS. The smallest absolute Gasteiger partial charge is 0.0960 e. The second-order valence-electron chi connectivity index (χ2n) is 4.15. The van der Waals surface area contributed by atoms with Crippen LogP contribution < -0.4 is 5.73 Å². The quantitative estimate of drug-likeness (QED) is 0.848. The van der Waals surface area contributed by atoms with Gasteiger partial charge in [-0.15, -0.1) is 0 Å². The van der Waals surface area contributed by atoms with Crippen LogP contribution >= 0.6 is 11.3 Å². The predicted molar refractivity (Wildman–Crippen MR) is 63.1 cm³/mol. The van der Waals surface area contributed by atoms with Gasteiger partial charge in [0.25, 0.3) is 0 Å². The average Bonchev–Trinajstić information content (AvgIpc) is 2.69. The second kappa shape index (κ2) is 5.07. The van der Waals surface area contributed by atoms with Crippen LogP contribution in [0.5, 0.6) is 0 Å². The number of hydrogen-bond acceptors (Lipinski definition) is 4. The lowest BCUT2D eigenvalue weighted by molar-refractivity contribution is -0.0308. The van der Waals surface area contributed by atoms with Gasteiger partial charge in [0.1, 0.15) is 0 Å². The van der Waals surface area contributed by atoms with Gasteiger partial charge >= 0.3 is 0 Å². The van der Waals surface area contributed by atoms with Crippen LogP contribution in [-0.4, -0.2) is 37.2 Å². The van der Waals surface area contributed by atoms with Gasteiger partial charge in [0, 0.05) is 25.7 Å². The molecule has 2 rings (SSSR count). The lowest BCUT2D eigenvalue weighted by atomic mass is 10.1. The molecule has 2 N–H and O–H groups in total. The third-order valence-corrected chi connectivity index (χ3v) is 3.31. The number of thiophene rings is 1. The standard InChI is InChI=1S/C11H18N2OS/c1-9(12)6-13-3-4-14-11(7-13)10-2-5-15-8-10/h2,5,8-9,11H,3-4,6-7,12H2,1H3. The molecule has 0 bridgehead atoms. The number of nitrogens with two attached hydrogens (primary N) is 1. The molecule has 0 aliphatic carbocycles. The van der Waals surface area contributed by atoms with E-state index < -0.39 is 0 Å². The van der Waals surface area contributed by atoms with Gasteiger partial charge in [0.05, 0.1) is 12.7 Å². The summed E-state index contributed by atoms with van der Waals surface area (Å²) in [7, 11) is 0. The highest BCUT2D eigenvalue weighted by atomic mass is 32.1. The fourth-order valence-corrected chi connectivity index (χ4v) is 2.64. The minimum atomic E-state index is 0.240. The Morgan fingerprint density at radius 1 is 1.73 bits per heavy atom. The highest BCUT2D eigenvalue weighted by Gasteiger charge is 2.22. The molecule has 1 saturated heterocycles. The molecule has 2 heterocycles. The van der Waals surface area contributed by atoms with Crippen molar-refractivity contribution < 1.29 is 4.74 Å². The van der Waals surface area contributed by atoms with E-state index in [0.29, 0.717) is 0 Å². The molecule has 84 valence electrons. The molecule has 1 aromatic rings. The Morgan fingerprint density at radius 3 is 3.27 bits per heavy atom. The zero-order valence-electron chi connectivity index (χ0n) is 9.06. The molecule has 1 aliphatic rings. The van der Waals surface area contributed by atoms with E-state index >= 15 is 0 Å². The van der Waals surface area contributed by atoms with E-state index in [0.717, 1.165) is 26.2 Å². The molecule has 0 amide bonds. The summed E-state index contributed by atoms with van der Waals surface area (Å²) in [5.41, 5.74) is 7.11. The van der Waals surface area contributed by atoms with Gasteiger partial charge in [0.2, 0.25) is 0 Å². The molecule has 4 heteroatoms. The molecule has 1 aliphatic heterocycles. The van der Waals surface area contributed by atoms with Crippen molar-refractivity contribution in [2.75, 3.05) is 26.2 Å². The summed E-state index contributed by atoms with van der Waals surface area (Å²) in [6, 6.07) is 2.39. The van der Waals surface area contributed by atoms with Gasteiger partial charge < -0.3 is 10.5 Å². The Kier molecular flexibility index (Phi) is 3.75. The molecule has 0 aromatic carbocycles. The number of morpholine rings is 1. The summed E-state index contributed by atoms with van der Waals surface area (Å²) in [6.45, 7) is 5.80. The number of hydrogen-bond donors (Lipinski definition) is 1. The fourth-order valence-electron chi connectivity index (χ4n) is 1.94. The van der Waals surface area contributed by atoms with Crippen molar-refractivity contribution in [2.24, 2.45) is 5.73 Å².